The Hall–Kier alpha value is -0.770. The molecule has 0 saturated heterocycles. The summed E-state index contributed by atoms with van der Waals surface area (Å²) in [6, 6.07) is 3.52. The molecular weight excluding hydrogens is 295 g/mol. The first-order valence-electron chi connectivity index (χ1n) is 6.57. The number of halogens is 2. The van der Waals surface area contributed by atoms with Crippen LogP contribution in [-0.2, 0) is 0 Å². The number of nitrogens with one attached hydrogen (secondary N) is 1. The fraction of sp³-hybridized carbons (Fsp3) is 0.571. The molecule has 1 aromatic carbocycles. The molecule has 2 atom stereocenters. The lowest BCUT2D eigenvalue weighted by molar-refractivity contribution is 0.502. The van der Waals surface area contributed by atoms with Crippen molar-refractivity contribution in [3.05, 3.63) is 22.4 Å². The number of nitrogens with two attached hydrogens (primary N) is 1. The minimum absolute atomic E-state index is 0.270. The molecule has 1 aromatic rings. The number of anilines is 2. The van der Waals surface area contributed by atoms with E-state index in [2.05, 4.69) is 28.2 Å². The SMILES string of the molecule is CC1CCCC(Nc2cc(F)c(Br)cc2N)CC1. The fourth-order valence-corrected chi connectivity index (χ4v) is 2.90. The third kappa shape index (κ3) is 3.37. The predicted octanol–water partition coefficient (Wildman–Crippen LogP) is 4.55. The Morgan fingerprint density at radius 3 is 2.83 bits per heavy atom. The van der Waals surface area contributed by atoms with E-state index in [0.29, 0.717) is 16.2 Å². The summed E-state index contributed by atoms with van der Waals surface area (Å²) in [4.78, 5) is 0. The van der Waals surface area contributed by atoms with E-state index in [1.54, 1.807) is 6.07 Å². The largest absolute Gasteiger partial charge is 0.397 e. The van der Waals surface area contributed by atoms with Gasteiger partial charge in [-0.05, 0) is 47.2 Å². The summed E-state index contributed by atoms with van der Waals surface area (Å²) in [5, 5.41) is 3.39. The number of rotatable bonds is 2. The van der Waals surface area contributed by atoms with Crippen molar-refractivity contribution in [2.24, 2.45) is 5.92 Å². The Kier molecular flexibility index (Phi) is 4.49. The van der Waals surface area contributed by atoms with Gasteiger partial charge in [0.15, 0.2) is 0 Å². The van der Waals surface area contributed by atoms with Crippen molar-refractivity contribution in [1.29, 1.82) is 0 Å². The number of hydrogen-bond donors (Lipinski definition) is 2. The quantitative estimate of drug-likeness (QED) is 0.620. The predicted molar refractivity (Wildman–Crippen MR) is 78.2 cm³/mol. The molecule has 0 bridgehead atoms. The van der Waals surface area contributed by atoms with E-state index < -0.39 is 0 Å². The van der Waals surface area contributed by atoms with Crippen LogP contribution in [0.2, 0.25) is 0 Å². The highest BCUT2D eigenvalue weighted by Gasteiger charge is 2.17. The lowest BCUT2D eigenvalue weighted by Crippen LogP contribution is -2.19. The first-order valence-corrected chi connectivity index (χ1v) is 7.36. The Morgan fingerprint density at radius 1 is 1.28 bits per heavy atom. The molecule has 1 aliphatic rings. The molecule has 100 valence electrons. The van der Waals surface area contributed by atoms with Gasteiger partial charge in [-0.15, -0.1) is 0 Å². The molecule has 0 aromatic heterocycles. The summed E-state index contributed by atoms with van der Waals surface area (Å²) in [6.45, 7) is 2.30. The lowest BCUT2D eigenvalue weighted by atomic mass is 10.0. The van der Waals surface area contributed by atoms with Crippen molar-refractivity contribution >= 4 is 27.3 Å². The smallest absolute Gasteiger partial charge is 0.139 e. The number of nitrogen functional groups attached to an aromatic ring is 1. The molecule has 0 heterocycles. The summed E-state index contributed by atoms with van der Waals surface area (Å²) in [7, 11) is 0. The van der Waals surface area contributed by atoms with E-state index >= 15 is 0 Å². The zero-order valence-electron chi connectivity index (χ0n) is 10.7. The second-order valence-electron chi connectivity index (χ2n) is 5.31. The Labute approximate surface area is 116 Å². The molecule has 3 N–H and O–H groups in total. The summed E-state index contributed by atoms with van der Waals surface area (Å²) in [5.41, 5.74) is 7.23. The summed E-state index contributed by atoms with van der Waals surface area (Å²) in [6.07, 6.45) is 6.04. The van der Waals surface area contributed by atoms with E-state index in [1.165, 1.54) is 25.3 Å². The van der Waals surface area contributed by atoms with E-state index in [-0.39, 0.29) is 5.82 Å². The average Bonchev–Trinajstić information content (AvgIpc) is 2.51. The summed E-state index contributed by atoms with van der Waals surface area (Å²) >= 11 is 3.14. The second-order valence-corrected chi connectivity index (χ2v) is 6.16. The maximum atomic E-state index is 13.5. The molecule has 2 rings (SSSR count). The van der Waals surface area contributed by atoms with E-state index in [4.69, 9.17) is 5.73 Å². The van der Waals surface area contributed by atoms with Gasteiger partial charge >= 0.3 is 0 Å². The number of benzene rings is 1. The molecule has 18 heavy (non-hydrogen) atoms. The second kappa shape index (κ2) is 5.91. The Bertz CT molecular complexity index is 423. The fourth-order valence-electron chi connectivity index (χ4n) is 2.54. The van der Waals surface area contributed by atoms with Crippen LogP contribution in [0.5, 0.6) is 0 Å². The van der Waals surface area contributed by atoms with Crippen molar-refractivity contribution in [2.45, 2.75) is 45.1 Å². The van der Waals surface area contributed by atoms with Gasteiger partial charge in [-0.2, -0.15) is 0 Å². The Morgan fingerprint density at radius 2 is 2.06 bits per heavy atom. The average molecular weight is 315 g/mol. The Balaban J connectivity index is 2.06. The van der Waals surface area contributed by atoms with Gasteiger partial charge in [0.2, 0.25) is 0 Å². The summed E-state index contributed by atoms with van der Waals surface area (Å²) in [5.74, 6) is 0.532. The third-order valence-corrected chi connectivity index (χ3v) is 4.32. The van der Waals surface area contributed by atoms with Crippen LogP contribution in [0.15, 0.2) is 16.6 Å². The summed E-state index contributed by atoms with van der Waals surface area (Å²) < 4.78 is 13.9. The van der Waals surface area contributed by atoms with Crippen LogP contribution >= 0.6 is 15.9 Å². The van der Waals surface area contributed by atoms with Crippen molar-refractivity contribution in [3.8, 4) is 0 Å². The van der Waals surface area contributed by atoms with Gasteiger partial charge in [0, 0.05) is 12.1 Å². The zero-order valence-corrected chi connectivity index (χ0v) is 12.3. The third-order valence-electron chi connectivity index (χ3n) is 3.71. The molecule has 4 heteroatoms. The minimum atomic E-state index is -0.270. The first kappa shape index (κ1) is 13.7. The van der Waals surface area contributed by atoms with E-state index in [9.17, 15) is 4.39 Å². The highest BCUT2D eigenvalue weighted by atomic mass is 79.9. The van der Waals surface area contributed by atoms with Crippen molar-refractivity contribution in [2.75, 3.05) is 11.1 Å². The first-order chi connectivity index (χ1) is 8.56. The van der Waals surface area contributed by atoms with Gasteiger partial charge in [-0.25, -0.2) is 4.39 Å². The molecule has 0 amide bonds. The van der Waals surface area contributed by atoms with E-state index in [1.807, 2.05) is 0 Å². The molecular formula is C14H20BrFN2. The highest BCUT2D eigenvalue weighted by molar-refractivity contribution is 9.10. The van der Waals surface area contributed by atoms with Crippen molar-refractivity contribution in [3.63, 3.8) is 0 Å². The topological polar surface area (TPSA) is 38.0 Å². The molecule has 1 fully saturated rings. The van der Waals surface area contributed by atoms with Crippen LogP contribution in [0, 0.1) is 11.7 Å². The van der Waals surface area contributed by atoms with Gasteiger partial charge in [-0.1, -0.05) is 19.8 Å². The monoisotopic (exact) mass is 314 g/mol. The molecule has 0 aliphatic heterocycles. The number of hydrogen-bond acceptors (Lipinski definition) is 2. The lowest BCUT2D eigenvalue weighted by Gasteiger charge is -2.19. The molecule has 2 unspecified atom stereocenters. The standard InChI is InChI=1S/C14H20BrFN2/c1-9-3-2-4-10(6-5-9)18-14-8-12(16)11(15)7-13(14)17/h7-10,18H,2-6,17H2,1H3. The minimum Gasteiger partial charge on any atom is -0.397 e. The van der Waals surface area contributed by atoms with Crippen LogP contribution < -0.4 is 11.1 Å². The zero-order chi connectivity index (χ0) is 13.1. The molecule has 1 saturated carbocycles. The van der Waals surface area contributed by atoms with Crippen LogP contribution in [-0.4, -0.2) is 6.04 Å². The molecule has 0 radical (unpaired) electrons. The van der Waals surface area contributed by atoms with Crippen LogP contribution in [0.4, 0.5) is 15.8 Å². The van der Waals surface area contributed by atoms with Gasteiger partial charge in [0.1, 0.15) is 5.82 Å². The van der Waals surface area contributed by atoms with Crippen LogP contribution in [0.1, 0.15) is 39.0 Å². The van der Waals surface area contributed by atoms with Crippen LogP contribution in [0.3, 0.4) is 0 Å². The highest BCUT2D eigenvalue weighted by Crippen LogP contribution is 2.30. The normalized spacial score (nSPS) is 24.6. The van der Waals surface area contributed by atoms with Gasteiger partial charge in [0.05, 0.1) is 15.8 Å². The maximum Gasteiger partial charge on any atom is 0.139 e. The maximum absolute atomic E-state index is 13.5. The van der Waals surface area contributed by atoms with Crippen molar-refractivity contribution < 1.29 is 4.39 Å². The van der Waals surface area contributed by atoms with Gasteiger partial charge in [-0.3, -0.25) is 0 Å². The van der Waals surface area contributed by atoms with Crippen LogP contribution in [0.25, 0.3) is 0 Å². The molecule has 2 nitrogen and oxygen atoms in total. The van der Waals surface area contributed by atoms with Gasteiger partial charge < -0.3 is 11.1 Å². The molecule has 1 aliphatic carbocycles. The van der Waals surface area contributed by atoms with E-state index in [0.717, 1.165) is 24.4 Å². The molecule has 0 spiro atoms. The van der Waals surface area contributed by atoms with Gasteiger partial charge in [0.25, 0.3) is 0 Å². The van der Waals surface area contributed by atoms with Crippen molar-refractivity contribution in [1.82, 2.24) is 0 Å².